The quantitative estimate of drug-likeness (QED) is 0.333. The Bertz CT molecular complexity index is 1390. The van der Waals surface area contributed by atoms with Crippen LogP contribution >= 0.6 is 34.2 Å². The maximum Gasteiger partial charge on any atom is 0.412 e. The lowest BCUT2D eigenvalue weighted by molar-refractivity contribution is -0.139. The van der Waals surface area contributed by atoms with Crippen molar-refractivity contribution >= 4 is 61.4 Å². The number of carboxylic acids is 1. The van der Waals surface area contributed by atoms with Crippen LogP contribution in [0.2, 0.25) is 0 Å². The number of nitrogens with zero attached hydrogens (tertiary/aromatic N) is 1. The summed E-state index contributed by atoms with van der Waals surface area (Å²) in [6.07, 6.45) is 0.857. The predicted octanol–water partition coefficient (Wildman–Crippen LogP) is 5.99. The van der Waals surface area contributed by atoms with E-state index in [1.807, 2.05) is 49.4 Å². The van der Waals surface area contributed by atoms with E-state index in [-0.39, 0.29) is 6.61 Å². The van der Waals surface area contributed by atoms with Gasteiger partial charge in [-0.25, -0.2) is 4.79 Å². The number of thiophene rings is 2. The molecule has 1 saturated carbocycles. The van der Waals surface area contributed by atoms with Gasteiger partial charge in [-0.3, -0.25) is 10.1 Å². The number of anilines is 1. The largest absolute Gasteiger partial charge is 0.481 e. The number of ether oxygens (including phenoxy) is 1. The average Bonchev–Trinajstić information content (AvgIpc) is 3.24. The van der Waals surface area contributed by atoms with Crippen molar-refractivity contribution in [2.45, 2.75) is 31.8 Å². The number of fused-ring (bicyclic) bond motifs is 1. The van der Waals surface area contributed by atoms with Gasteiger partial charge in [-0.15, -0.1) is 22.7 Å². The molecule has 1 aliphatic rings. The summed E-state index contributed by atoms with van der Waals surface area (Å²) >= 11 is 4.30. The van der Waals surface area contributed by atoms with Crippen LogP contribution < -0.4 is 5.32 Å². The first-order valence-electron chi connectivity index (χ1n) is 10.2. The molecule has 0 saturated heterocycles. The molecule has 5 rings (SSSR count). The Morgan fingerprint density at radius 2 is 1.91 bits per heavy atom. The van der Waals surface area contributed by atoms with Crippen LogP contribution in [0.25, 0.3) is 9.40 Å². The topological polar surface area (TPSA) is 88.5 Å². The van der Waals surface area contributed by atoms with Crippen LogP contribution in [0.1, 0.15) is 38.7 Å². The number of rotatable bonds is 5. The van der Waals surface area contributed by atoms with Gasteiger partial charge >= 0.3 is 12.1 Å². The molecule has 1 fully saturated rings. The van der Waals surface area contributed by atoms with Gasteiger partial charge in [0.1, 0.15) is 16.9 Å². The van der Waals surface area contributed by atoms with Gasteiger partial charge in [-0.05, 0) is 60.8 Å². The molecule has 1 amide bonds. The lowest BCUT2D eigenvalue weighted by Crippen LogP contribution is -2.17. The molecule has 166 valence electrons. The second-order valence-electron chi connectivity index (χ2n) is 7.75. The van der Waals surface area contributed by atoms with Gasteiger partial charge in [-0.1, -0.05) is 30.3 Å². The molecule has 6 nitrogen and oxygen atoms in total. The van der Waals surface area contributed by atoms with E-state index in [9.17, 15) is 14.7 Å². The number of aryl methyl sites for hydroxylation is 1. The standard InChI is InChI=1S/C24H18N2O4S3/c1-14-21(25-23(29)30-13-15-5-3-2-4-6-15)17(33-26-14)8-7-16-11-18-19(31-16)12-20(32-18)24(9-10-24)22(27)28/h2-6,11-12H,9-10,13H2,1H3,(H,25,29)(H,27,28). The van der Waals surface area contributed by atoms with E-state index < -0.39 is 17.5 Å². The van der Waals surface area contributed by atoms with Crippen LogP contribution in [-0.4, -0.2) is 21.5 Å². The van der Waals surface area contributed by atoms with Crippen LogP contribution in [0, 0.1) is 18.8 Å². The number of amides is 1. The van der Waals surface area contributed by atoms with E-state index in [1.165, 1.54) is 22.9 Å². The van der Waals surface area contributed by atoms with Crippen molar-refractivity contribution in [2.75, 3.05) is 5.32 Å². The van der Waals surface area contributed by atoms with Gasteiger partial charge in [0.25, 0.3) is 0 Å². The fourth-order valence-electron chi connectivity index (χ4n) is 3.41. The first-order chi connectivity index (χ1) is 15.9. The van der Waals surface area contributed by atoms with Gasteiger partial charge < -0.3 is 9.84 Å². The van der Waals surface area contributed by atoms with Crippen molar-refractivity contribution in [1.29, 1.82) is 0 Å². The number of benzene rings is 1. The minimum Gasteiger partial charge on any atom is -0.481 e. The molecule has 0 atom stereocenters. The molecule has 3 heterocycles. The van der Waals surface area contributed by atoms with Gasteiger partial charge in [0.05, 0.1) is 16.3 Å². The number of aliphatic carboxylic acids is 1. The van der Waals surface area contributed by atoms with Crippen LogP contribution in [0.15, 0.2) is 42.5 Å². The minimum absolute atomic E-state index is 0.182. The monoisotopic (exact) mass is 494 g/mol. The van der Waals surface area contributed by atoms with Crippen molar-refractivity contribution in [2.24, 2.45) is 0 Å². The van der Waals surface area contributed by atoms with Crippen LogP contribution in [0.4, 0.5) is 10.5 Å². The summed E-state index contributed by atoms with van der Waals surface area (Å²) in [5, 5.41) is 12.3. The Hall–Kier alpha value is -3.19. The molecule has 1 aliphatic carbocycles. The predicted molar refractivity (Wildman–Crippen MR) is 131 cm³/mol. The van der Waals surface area contributed by atoms with Crippen molar-refractivity contribution in [3.05, 3.63) is 68.4 Å². The van der Waals surface area contributed by atoms with E-state index in [4.69, 9.17) is 4.74 Å². The fraction of sp³-hybridized carbons (Fsp3) is 0.208. The Labute approximate surface area is 202 Å². The second-order valence-corrected chi connectivity index (χ2v) is 10.7. The molecule has 0 radical (unpaired) electrons. The molecular weight excluding hydrogens is 476 g/mol. The molecule has 2 N–H and O–H groups in total. The summed E-state index contributed by atoms with van der Waals surface area (Å²) in [4.78, 5) is 26.3. The molecule has 0 bridgehead atoms. The van der Waals surface area contributed by atoms with Crippen molar-refractivity contribution in [3.8, 4) is 11.8 Å². The van der Waals surface area contributed by atoms with E-state index in [0.717, 1.165) is 24.7 Å². The number of carbonyl (C=O) groups excluding carboxylic acids is 1. The number of aromatic nitrogens is 1. The maximum atomic E-state index is 12.3. The van der Waals surface area contributed by atoms with Crippen molar-refractivity contribution in [3.63, 3.8) is 0 Å². The summed E-state index contributed by atoms with van der Waals surface area (Å²) in [6.45, 7) is 1.99. The molecule has 0 aliphatic heterocycles. The van der Waals surface area contributed by atoms with Crippen LogP contribution in [0.5, 0.6) is 0 Å². The third-order valence-electron chi connectivity index (χ3n) is 5.44. The molecule has 3 aromatic heterocycles. The Balaban J connectivity index is 1.29. The fourth-order valence-corrected chi connectivity index (χ4v) is 6.60. The number of carbonyl (C=O) groups is 2. The summed E-state index contributed by atoms with van der Waals surface area (Å²) in [6, 6.07) is 13.5. The molecule has 4 aromatic rings. The summed E-state index contributed by atoms with van der Waals surface area (Å²) in [5.41, 5.74) is 1.47. The highest BCUT2D eigenvalue weighted by Gasteiger charge is 2.53. The molecule has 9 heteroatoms. The zero-order valence-corrected chi connectivity index (χ0v) is 20.0. The smallest absolute Gasteiger partial charge is 0.412 e. The Kier molecular flexibility index (Phi) is 5.66. The first-order valence-corrected chi connectivity index (χ1v) is 12.6. The number of carboxylic acid groups (broad SMARTS) is 1. The Morgan fingerprint density at radius 3 is 2.61 bits per heavy atom. The Morgan fingerprint density at radius 1 is 1.15 bits per heavy atom. The zero-order chi connectivity index (χ0) is 23.0. The van der Waals surface area contributed by atoms with Gasteiger partial charge in [-0.2, -0.15) is 4.37 Å². The first kappa shape index (κ1) is 21.6. The third-order valence-corrected chi connectivity index (χ3v) is 8.71. The zero-order valence-electron chi connectivity index (χ0n) is 17.5. The summed E-state index contributed by atoms with van der Waals surface area (Å²) < 4.78 is 11.7. The molecule has 33 heavy (non-hydrogen) atoms. The van der Waals surface area contributed by atoms with Crippen LogP contribution in [-0.2, 0) is 21.6 Å². The second kappa shape index (κ2) is 8.63. The highest BCUT2D eigenvalue weighted by Crippen LogP contribution is 2.52. The molecule has 0 spiro atoms. The van der Waals surface area contributed by atoms with Gasteiger partial charge in [0.15, 0.2) is 0 Å². The van der Waals surface area contributed by atoms with Crippen molar-refractivity contribution < 1.29 is 19.4 Å². The van der Waals surface area contributed by atoms with Crippen LogP contribution in [0.3, 0.4) is 0 Å². The molecular formula is C24H18N2O4S3. The third kappa shape index (κ3) is 4.37. The summed E-state index contributed by atoms with van der Waals surface area (Å²) in [7, 11) is 0. The summed E-state index contributed by atoms with van der Waals surface area (Å²) in [5.74, 6) is 5.53. The highest BCUT2D eigenvalue weighted by molar-refractivity contribution is 7.28. The molecule has 0 unspecified atom stereocenters. The minimum atomic E-state index is -0.737. The number of hydrogen-bond donors (Lipinski definition) is 2. The number of nitrogens with one attached hydrogen (secondary N) is 1. The normalized spacial score (nSPS) is 13.8. The van der Waals surface area contributed by atoms with E-state index in [1.54, 1.807) is 11.3 Å². The maximum absolute atomic E-state index is 12.3. The van der Waals surface area contributed by atoms with Gasteiger partial charge in [0.2, 0.25) is 0 Å². The van der Waals surface area contributed by atoms with E-state index >= 15 is 0 Å². The average molecular weight is 495 g/mol. The lowest BCUT2D eigenvalue weighted by Gasteiger charge is -2.06. The lowest BCUT2D eigenvalue weighted by atomic mass is 10.1. The van der Waals surface area contributed by atoms with Gasteiger partial charge in [0, 0.05) is 14.3 Å². The number of hydrogen-bond acceptors (Lipinski definition) is 7. The van der Waals surface area contributed by atoms with E-state index in [0.29, 0.717) is 29.1 Å². The van der Waals surface area contributed by atoms with E-state index in [2.05, 4.69) is 21.5 Å². The highest BCUT2D eigenvalue weighted by atomic mass is 32.1. The molecule has 1 aromatic carbocycles. The van der Waals surface area contributed by atoms with Crippen molar-refractivity contribution in [1.82, 2.24) is 4.37 Å². The SMILES string of the molecule is Cc1nsc(C#Cc2cc3sc(C4(C(=O)O)CC4)cc3s2)c1NC(=O)OCc1ccccc1.